The van der Waals surface area contributed by atoms with Gasteiger partial charge in [-0.2, -0.15) is 18.2 Å². The van der Waals surface area contributed by atoms with E-state index in [1.54, 1.807) is 0 Å². The van der Waals surface area contributed by atoms with Crippen molar-refractivity contribution in [2.24, 2.45) is 23.7 Å². The Hall–Kier alpha value is -2.09. The number of carbonyl (C=O) groups excluding carboxylic acids is 2. The Morgan fingerprint density at radius 2 is 1.76 bits per heavy atom. The number of hydrogen-bond donors (Lipinski definition) is 0. The molecule has 132 valence electrons. The van der Waals surface area contributed by atoms with Gasteiger partial charge in [-0.1, -0.05) is 23.8 Å². The maximum atomic E-state index is 12.7. The van der Waals surface area contributed by atoms with Gasteiger partial charge in [-0.05, 0) is 24.3 Å². The first-order valence-electron chi connectivity index (χ1n) is 7.72. The third-order valence-corrected chi connectivity index (χ3v) is 5.48. The summed E-state index contributed by atoms with van der Waals surface area (Å²) in [4.78, 5) is 29.2. The van der Waals surface area contributed by atoms with Crippen molar-refractivity contribution < 1.29 is 22.8 Å². The van der Waals surface area contributed by atoms with Crippen LogP contribution < -0.4 is 5.01 Å². The Morgan fingerprint density at radius 1 is 1.20 bits per heavy atom. The number of halogens is 4. The molecule has 0 aromatic carbocycles. The molecule has 2 amide bonds. The lowest BCUT2D eigenvalue weighted by molar-refractivity contribution is -0.141. The zero-order valence-corrected chi connectivity index (χ0v) is 13.8. The first-order valence-corrected chi connectivity index (χ1v) is 8.10. The summed E-state index contributed by atoms with van der Waals surface area (Å²) in [5.41, 5.74) is -0.993. The van der Waals surface area contributed by atoms with Crippen LogP contribution in [0, 0.1) is 23.7 Å². The second-order valence-corrected chi connectivity index (χ2v) is 6.95. The van der Waals surface area contributed by atoms with E-state index in [2.05, 4.69) is 4.98 Å². The maximum Gasteiger partial charge on any atom is 0.417 e. The molecular weight excluding hydrogens is 359 g/mol. The van der Waals surface area contributed by atoms with Crippen molar-refractivity contribution in [1.82, 2.24) is 9.99 Å². The van der Waals surface area contributed by atoms with Crippen molar-refractivity contribution in [3.05, 3.63) is 35.0 Å². The van der Waals surface area contributed by atoms with Gasteiger partial charge in [0.05, 0.1) is 22.4 Å². The number of rotatable bonds is 2. The van der Waals surface area contributed by atoms with Gasteiger partial charge in [0, 0.05) is 13.2 Å². The number of alkyl halides is 3. The Kier molecular flexibility index (Phi) is 3.41. The van der Waals surface area contributed by atoms with Crippen LogP contribution in [0.1, 0.15) is 12.0 Å². The monoisotopic (exact) mass is 371 g/mol. The van der Waals surface area contributed by atoms with E-state index in [4.69, 9.17) is 11.6 Å². The summed E-state index contributed by atoms with van der Waals surface area (Å²) in [6, 6.07) is 0.734. The normalized spacial score (nSPS) is 30.4. The van der Waals surface area contributed by atoms with E-state index in [-0.39, 0.29) is 34.5 Å². The van der Waals surface area contributed by atoms with Gasteiger partial charge in [-0.25, -0.2) is 4.98 Å². The number of nitrogens with zero attached hydrogens (tertiary/aromatic N) is 3. The summed E-state index contributed by atoms with van der Waals surface area (Å²) >= 11 is 5.93. The highest BCUT2D eigenvalue weighted by molar-refractivity contribution is 6.33. The lowest BCUT2D eigenvalue weighted by Gasteiger charge is -2.29. The fourth-order valence-electron chi connectivity index (χ4n) is 4.10. The molecule has 9 heteroatoms. The number of hydrogen-bond acceptors (Lipinski definition) is 4. The van der Waals surface area contributed by atoms with Gasteiger partial charge >= 0.3 is 6.18 Å². The fourth-order valence-corrected chi connectivity index (χ4v) is 4.39. The molecule has 3 aliphatic rings. The van der Waals surface area contributed by atoms with Crippen LogP contribution in [0.2, 0.25) is 5.02 Å². The van der Waals surface area contributed by atoms with Crippen LogP contribution in [0.4, 0.5) is 19.0 Å². The average Bonchev–Trinajstić information content (AvgIpc) is 3.20. The molecule has 1 aromatic rings. The molecule has 1 aliphatic heterocycles. The maximum absolute atomic E-state index is 12.7. The zero-order valence-electron chi connectivity index (χ0n) is 13.0. The Balaban J connectivity index is 1.65. The first kappa shape index (κ1) is 16.4. The molecule has 4 rings (SSSR count). The molecule has 5 nitrogen and oxygen atoms in total. The van der Waals surface area contributed by atoms with Crippen LogP contribution in [0.5, 0.6) is 0 Å². The Labute approximate surface area is 146 Å². The fraction of sp³-hybridized carbons (Fsp3) is 0.438. The van der Waals surface area contributed by atoms with Gasteiger partial charge in [0.15, 0.2) is 5.82 Å². The lowest BCUT2D eigenvalue weighted by Crippen LogP contribution is -2.46. The van der Waals surface area contributed by atoms with Crippen molar-refractivity contribution in [2.75, 3.05) is 12.1 Å². The number of carbonyl (C=O) groups is 2. The molecule has 4 atom stereocenters. The van der Waals surface area contributed by atoms with E-state index < -0.39 is 23.6 Å². The first-order chi connectivity index (χ1) is 11.7. The highest BCUT2D eigenvalue weighted by Gasteiger charge is 2.60. The van der Waals surface area contributed by atoms with Crippen LogP contribution in [-0.4, -0.2) is 28.9 Å². The van der Waals surface area contributed by atoms with Gasteiger partial charge in [-0.15, -0.1) is 0 Å². The smallest absolute Gasteiger partial charge is 0.272 e. The van der Waals surface area contributed by atoms with E-state index in [9.17, 15) is 22.8 Å². The van der Waals surface area contributed by atoms with Crippen LogP contribution in [0.25, 0.3) is 0 Å². The molecule has 2 heterocycles. The minimum Gasteiger partial charge on any atom is -0.272 e. The number of amides is 2. The summed E-state index contributed by atoms with van der Waals surface area (Å²) < 4.78 is 38.2. The number of imide groups is 1. The molecule has 0 radical (unpaired) electrons. The van der Waals surface area contributed by atoms with Crippen molar-refractivity contribution in [1.29, 1.82) is 0 Å². The van der Waals surface area contributed by atoms with E-state index in [1.165, 1.54) is 7.05 Å². The number of hydrazine groups is 1. The topological polar surface area (TPSA) is 53.5 Å². The lowest BCUT2D eigenvalue weighted by atomic mass is 9.85. The van der Waals surface area contributed by atoms with Gasteiger partial charge in [0.1, 0.15) is 0 Å². The molecule has 2 fully saturated rings. The molecule has 2 aliphatic carbocycles. The molecule has 0 spiro atoms. The number of aromatic nitrogens is 1. The van der Waals surface area contributed by atoms with Gasteiger partial charge < -0.3 is 0 Å². The summed E-state index contributed by atoms with van der Waals surface area (Å²) in [6.45, 7) is 0. The summed E-state index contributed by atoms with van der Waals surface area (Å²) in [5, 5.41) is 1.82. The molecule has 25 heavy (non-hydrogen) atoms. The second-order valence-electron chi connectivity index (χ2n) is 6.54. The third-order valence-electron chi connectivity index (χ3n) is 5.20. The van der Waals surface area contributed by atoms with Crippen molar-refractivity contribution in [3.63, 3.8) is 0 Å². The predicted molar refractivity (Wildman–Crippen MR) is 82.2 cm³/mol. The quantitative estimate of drug-likeness (QED) is 0.592. The molecule has 1 saturated carbocycles. The predicted octanol–water partition coefficient (Wildman–Crippen LogP) is 2.91. The molecule has 1 aromatic heterocycles. The number of fused-ring (bicyclic) bond motifs is 5. The van der Waals surface area contributed by atoms with Crippen molar-refractivity contribution in [3.8, 4) is 0 Å². The van der Waals surface area contributed by atoms with E-state index in [1.807, 2.05) is 12.2 Å². The Morgan fingerprint density at radius 3 is 2.24 bits per heavy atom. The van der Waals surface area contributed by atoms with E-state index >= 15 is 0 Å². The van der Waals surface area contributed by atoms with Crippen molar-refractivity contribution >= 4 is 29.2 Å². The number of anilines is 1. The zero-order chi connectivity index (χ0) is 18.1. The molecule has 2 bridgehead atoms. The Bertz CT molecular complexity index is 780. The molecular formula is C16H13ClF3N3O2. The SMILES string of the molecule is CN(c1ncc(C(F)(F)F)cc1Cl)N1C(=O)[C@@H]2[C@H](C1=O)[C@H]1C=C[C@H]2C1. The molecule has 0 unspecified atom stereocenters. The minimum atomic E-state index is -4.57. The number of pyridine rings is 1. The highest BCUT2D eigenvalue weighted by atomic mass is 35.5. The van der Waals surface area contributed by atoms with Crippen LogP contribution >= 0.6 is 11.6 Å². The highest BCUT2D eigenvalue weighted by Crippen LogP contribution is 2.53. The van der Waals surface area contributed by atoms with Gasteiger partial charge in [-0.3, -0.25) is 14.6 Å². The summed E-state index contributed by atoms with van der Waals surface area (Å²) in [7, 11) is 1.40. The van der Waals surface area contributed by atoms with Crippen LogP contribution in [0.3, 0.4) is 0 Å². The number of allylic oxidation sites excluding steroid dienone is 2. The average molecular weight is 372 g/mol. The molecule has 0 N–H and O–H groups in total. The largest absolute Gasteiger partial charge is 0.417 e. The van der Waals surface area contributed by atoms with Crippen molar-refractivity contribution in [2.45, 2.75) is 12.6 Å². The second kappa shape index (κ2) is 5.20. The van der Waals surface area contributed by atoms with Crippen LogP contribution in [-0.2, 0) is 15.8 Å². The van der Waals surface area contributed by atoms with Gasteiger partial charge in [0.25, 0.3) is 11.8 Å². The van der Waals surface area contributed by atoms with Crippen LogP contribution in [0.15, 0.2) is 24.4 Å². The van der Waals surface area contributed by atoms with E-state index in [0.29, 0.717) is 6.20 Å². The van der Waals surface area contributed by atoms with E-state index in [0.717, 1.165) is 22.5 Å². The van der Waals surface area contributed by atoms with Gasteiger partial charge in [0.2, 0.25) is 0 Å². The standard InChI is InChI=1S/C16H13ClF3N3O2/c1-22(13-10(17)5-9(6-21-13)16(18,19)20)23-14(24)11-7-2-3-8(4-7)12(11)15(23)25/h2-3,5-8,11-12H,4H2,1H3/t7-,8-,11-,12+/m0/s1. The summed E-state index contributed by atoms with van der Waals surface area (Å²) in [5.74, 6) is -1.51. The minimum absolute atomic E-state index is 0.0425. The molecule has 1 saturated heterocycles. The summed E-state index contributed by atoms with van der Waals surface area (Å²) in [6.07, 6.45) is 0.779. The third kappa shape index (κ3) is 2.27.